The van der Waals surface area contributed by atoms with Gasteiger partial charge in [-0.15, -0.1) is 6.42 Å². The van der Waals surface area contributed by atoms with Crippen LogP contribution in [0.4, 0.5) is 0 Å². The number of benzene rings is 1. The van der Waals surface area contributed by atoms with Gasteiger partial charge >= 0.3 is 0 Å². The van der Waals surface area contributed by atoms with Crippen LogP contribution in [0.1, 0.15) is 5.56 Å². The van der Waals surface area contributed by atoms with Gasteiger partial charge in [0.1, 0.15) is 0 Å². The molecule has 5 heteroatoms. The summed E-state index contributed by atoms with van der Waals surface area (Å²) in [6, 6.07) is 5.36. The molecule has 0 saturated heterocycles. The van der Waals surface area contributed by atoms with Crippen LogP contribution in [0.3, 0.4) is 0 Å². The van der Waals surface area contributed by atoms with Crippen molar-refractivity contribution in [1.29, 1.82) is 0 Å². The Morgan fingerprint density at radius 1 is 1.50 bits per heavy atom. The van der Waals surface area contributed by atoms with Crippen LogP contribution in [0.25, 0.3) is 0 Å². The number of hydrogen-bond acceptors (Lipinski definition) is 2. The summed E-state index contributed by atoms with van der Waals surface area (Å²) in [4.78, 5) is 13.3. The molecule has 0 spiro atoms. The van der Waals surface area contributed by atoms with Gasteiger partial charge < -0.3 is 4.90 Å². The summed E-state index contributed by atoms with van der Waals surface area (Å²) in [5.41, 5.74) is 0.817. The van der Waals surface area contributed by atoms with Gasteiger partial charge in [0, 0.05) is 13.6 Å². The van der Waals surface area contributed by atoms with E-state index in [2.05, 4.69) is 11.2 Å². The number of rotatable bonds is 5. The van der Waals surface area contributed by atoms with Crippen molar-refractivity contribution < 1.29 is 4.79 Å². The first-order valence-corrected chi connectivity index (χ1v) is 6.13. The van der Waals surface area contributed by atoms with Gasteiger partial charge in [0.2, 0.25) is 5.91 Å². The van der Waals surface area contributed by atoms with E-state index in [9.17, 15) is 4.79 Å². The van der Waals surface area contributed by atoms with Crippen LogP contribution in [0.2, 0.25) is 10.0 Å². The number of nitrogens with zero attached hydrogens (tertiary/aromatic N) is 1. The third-order valence-corrected chi connectivity index (χ3v) is 3.23. The third kappa shape index (κ3) is 4.23. The summed E-state index contributed by atoms with van der Waals surface area (Å²) >= 11 is 12.0. The molecule has 0 aromatic heterocycles. The molecule has 1 aromatic carbocycles. The number of terminal acetylenes is 1. The monoisotopic (exact) mass is 284 g/mol. The molecule has 18 heavy (non-hydrogen) atoms. The minimum absolute atomic E-state index is 0.0544. The molecule has 0 fully saturated rings. The molecule has 0 aliphatic carbocycles. The highest BCUT2D eigenvalue weighted by atomic mass is 35.5. The van der Waals surface area contributed by atoms with Gasteiger partial charge in [-0.1, -0.05) is 41.3 Å². The lowest BCUT2D eigenvalue weighted by Gasteiger charge is -2.18. The Hall–Kier alpha value is -1.21. The maximum absolute atomic E-state index is 11.7. The maximum Gasteiger partial charge on any atom is 0.236 e. The molecule has 1 rings (SSSR count). The SMILES string of the molecule is C#CCNCC(=O)N(C)Cc1cccc(Cl)c1Cl. The average Bonchev–Trinajstić information content (AvgIpc) is 2.35. The number of nitrogens with one attached hydrogen (secondary N) is 1. The lowest BCUT2D eigenvalue weighted by Crippen LogP contribution is -2.35. The van der Waals surface area contributed by atoms with Crippen molar-refractivity contribution in [2.24, 2.45) is 0 Å². The van der Waals surface area contributed by atoms with Gasteiger partial charge in [0.25, 0.3) is 0 Å². The summed E-state index contributed by atoms with van der Waals surface area (Å²) in [7, 11) is 1.71. The van der Waals surface area contributed by atoms with Crippen molar-refractivity contribution in [2.75, 3.05) is 20.1 Å². The Kier molecular flexibility index (Phi) is 6.00. The highest BCUT2D eigenvalue weighted by molar-refractivity contribution is 6.42. The van der Waals surface area contributed by atoms with E-state index in [1.807, 2.05) is 6.07 Å². The minimum atomic E-state index is -0.0544. The zero-order valence-electron chi connectivity index (χ0n) is 10.0. The van der Waals surface area contributed by atoms with E-state index in [0.717, 1.165) is 5.56 Å². The van der Waals surface area contributed by atoms with E-state index in [0.29, 0.717) is 23.1 Å². The number of carbonyl (C=O) groups is 1. The Bertz CT molecular complexity index is 469. The second kappa shape index (κ2) is 7.27. The molecule has 0 heterocycles. The molecule has 1 amide bonds. The second-order valence-electron chi connectivity index (χ2n) is 3.77. The predicted molar refractivity (Wildman–Crippen MR) is 74.6 cm³/mol. The van der Waals surface area contributed by atoms with Gasteiger partial charge in [-0.25, -0.2) is 0 Å². The minimum Gasteiger partial charge on any atom is -0.340 e. The van der Waals surface area contributed by atoms with Crippen LogP contribution in [0.15, 0.2) is 18.2 Å². The molecule has 0 aliphatic rings. The molecule has 3 nitrogen and oxygen atoms in total. The van der Waals surface area contributed by atoms with Crippen molar-refractivity contribution in [3.8, 4) is 12.3 Å². The van der Waals surface area contributed by atoms with Gasteiger partial charge in [0.15, 0.2) is 0 Å². The number of likely N-dealkylation sites (N-methyl/N-ethyl adjacent to an activating group) is 1. The number of halogens is 2. The van der Waals surface area contributed by atoms with Crippen LogP contribution >= 0.6 is 23.2 Å². The van der Waals surface area contributed by atoms with Crippen molar-refractivity contribution in [2.45, 2.75) is 6.54 Å². The molecule has 0 radical (unpaired) electrons. The van der Waals surface area contributed by atoms with Crippen LogP contribution < -0.4 is 5.32 Å². The van der Waals surface area contributed by atoms with Gasteiger partial charge in [-0.05, 0) is 11.6 Å². The van der Waals surface area contributed by atoms with Crippen molar-refractivity contribution in [3.05, 3.63) is 33.8 Å². The average molecular weight is 285 g/mol. The third-order valence-electron chi connectivity index (χ3n) is 2.37. The summed E-state index contributed by atoms with van der Waals surface area (Å²) in [5.74, 6) is 2.35. The standard InChI is InChI=1S/C13H14Cl2N2O/c1-3-7-16-8-12(18)17(2)9-10-5-4-6-11(14)13(10)15/h1,4-6,16H,7-9H2,2H3. The molecule has 0 bridgehead atoms. The summed E-state index contributed by atoms with van der Waals surface area (Å²) < 4.78 is 0. The fourth-order valence-electron chi connectivity index (χ4n) is 1.39. The summed E-state index contributed by atoms with van der Waals surface area (Å²) in [6.07, 6.45) is 5.08. The first-order valence-electron chi connectivity index (χ1n) is 5.37. The molecule has 0 atom stereocenters. The molecule has 0 aliphatic heterocycles. The first-order chi connectivity index (χ1) is 8.56. The Labute approximate surface area is 117 Å². The molecular weight excluding hydrogens is 271 g/mol. The maximum atomic E-state index is 11.7. The van der Waals surface area contributed by atoms with Crippen LogP contribution in [0.5, 0.6) is 0 Å². The highest BCUT2D eigenvalue weighted by Crippen LogP contribution is 2.26. The van der Waals surface area contributed by atoms with E-state index in [4.69, 9.17) is 29.6 Å². The molecule has 0 unspecified atom stereocenters. The highest BCUT2D eigenvalue weighted by Gasteiger charge is 2.11. The molecular formula is C13H14Cl2N2O. The number of hydrogen-bond donors (Lipinski definition) is 1. The van der Waals surface area contributed by atoms with Crippen LogP contribution in [-0.4, -0.2) is 30.9 Å². The Balaban J connectivity index is 2.59. The van der Waals surface area contributed by atoms with Gasteiger partial charge in [-0.3, -0.25) is 10.1 Å². The van der Waals surface area contributed by atoms with Gasteiger partial charge in [-0.2, -0.15) is 0 Å². The Morgan fingerprint density at radius 3 is 2.89 bits per heavy atom. The lowest BCUT2D eigenvalue weighted by atomic mass is 10.2. The summed E-state index contributed by atoms with van der Waals surface area (Å²) in [6.45, 7) is 0.992. The Morgan fingerprint density at radius 2 is 2.22 bits per heavy atom. The van der Waals surface area contributed by atoms with E-state index >= 15 is 0 Å². The zero-order valence-corrected chi connectivity index (χ0v) is 11.6. The second-order valence-corrected chi connectivity index (χ2v) is 4.56. The van der Waals surface area contributed by atoms with Crippen molar-refractivity contribution in [1.82, 2.24) is 10.2 Å². The molecule has 1 N–H and O–H groups in total. The fraction of sp³-hybridized carbons (Fsp3) is 0.308. The number of carbonyl (C=O) groups excluding carboxylic acids is 1. The molecule has 96 valence electrons. The van der Waals surface area contributed by atoms with Crippen LogP contribution in [0, 0.1) is 12.3 Å². The zero-order chi connectivity index (χ0) is 13.5. The van der Waals surface area contributed by atoms with Gasteiger partial charge in [0.05, 0.1) is 23.1 Å². The van der Waals surface area contributed by atoms with E-state index < -0.39 is 0 Å². The first kappa shape index (κ1) is 14.8. The van der Waals surface area contributed by atoms with Crippen molar-refractivity contribution >= 4 is 29.1 Å². The quantitative estimate of drug-likeness (QED) is 0.664. The van der Waals surface area contributed by atoms with E-state index in [-0.39, 0.29) is 12.5 Å². The topological polar surface area (TPSA) is 32.3 Å². The smallest absolute Gasteiger partial charge is 0.236 e. The number of amides is 1. The van der Waals surface area contributed by atoms with Crippen molar-refractivity contribution in [3.63, 3.8) is 0 Å². The molecule has 1 aromatic rings. The van der Waals surface area contributed by atoms with E-state index in [1.165, 1.54) is 0 Å². The predicted octanol–water partition coefficient (Wildman–Crippen LogP) is 2.17. The molecule has 0 saturated carbocycles. The lowest BCUT2D eigenvalue weighted by molar-refractivity contribution is -0.129. The largest absolute Gasteiger partial charge is 0.340 e. The normalized spacial score (nSPS) is 9.89. The summed E-state index contributed by atoms with van der Waals surface area (Å²) in [5, 5.41) is 3.81. The van der Waals surface area contributed by atoms with E-state index in [1.54, 1.807) is 24.1 Å². The van der Waals surface area contributed by atoms with Crippen LogP contribution in [-0.2, 0) is 11.3 Å². The fourth-order valence-corrected chi connectivity index (χ4v) is 1.77.